The first-order valence-corrected chi connectivity index (χ1v) is 8.79. The molecule has 0 radical (unpaired) electrons. The van der Waals surface area contributed by atoms with Gasteiger partial charge >= 0.3 is 6.03 Å². The molecular formula is C21H22N4O2. The van der Waals surface area contributed by atoms with Gasteiger partial charge in [-0.15, -0.1) is 0 Å². The molecule has 0 bridgehead atoms. The highest BCUT2D eigenvalue weighted by molar-refractivity contribution is 5.95. The smallest absolute Gasteiger partial charge is 0.320 e. The molecule has 27 heavy (non-hydrogen) atoms. The maximum atomic E-state index is 12.5. The number of hydrogen-bond donors (Lipinski definition) is 3. The molecular weight excluding hydrogens is 340 g/mol. The number of urea groups is 1. The molecule has 1 unspecified atom stereocenters. The molecule has 0 spiro atoms. The largest absolute Gasteiger partial charge is 0.368 e. The van der Waals surface area contributed by atoms with E-state index in [1.165, 1.54) is 0 Å². The van der Waals surface area contributed by atoms with Crippen LogP contribution in [0.25, 0.3) is 10.8 Å². The zero-order valence-electron chi connectivity index (χ0n) is 15.3. The SMILES string of the molecule is CCc1cnc(C)cc1NC(=O)NC(C(N)=O)c1ccc2ccccc2c1. The van der Waals surface area contributed by atoms with Gasteiger partial charge in [0.2, 0.25) is 5.91 Å². The van der Waals surface area contributed by atoms with Gasteiger partial charge in [-0.1, -0.05) is 43.3 Å². The summed E-state index contributed by atoms with van der Waals surface area (Å²) in [5, 5.41) is 7.49. The first-order chi connectivity index (χ1) is 13.0. The second kappa shape index (κ2) is 7.86. The molecule has 0 saturated carbocycles. The third-order valence-corrected chi connectivity index (χ3v) is 4.42. The van der Waals surface area contributed by atoms with Gasteiger partial charge in [0.05, 0.1) is 0 Å². The van der Waals surface area contributed by atoms with E-state index in [1.54, 1.807) is 18.3 Å². The zero-order chi connectivity index (χ0) is 19.4. The van der Waals surface area contributed by atoms with Gasteiger partial charge < -0.3 is 16.4 Å². The molecule has 6 nitrogen and oxygen atoms in total. The highest BCUT2D eigenvalue weighted by atomic mass is 16.2. The van der Waals surface area contributed by atoms with Crippen molar-refractivity contribution in [3.05, 3.63) is 71.5 Å². The van der Waals surface area contributed by atoms with E-state index >= 15 is 0 Å². The monoisotopic (exact) mass is 362 g/mol. The van der Waals surface area contributed by atoms with Gasteiger partial charge in [-0.25, -0.2) is 4.79 Å². The van der Waals surface area contributed by atoms with E-state index < -0.39 is 18.0 Å². The summed E-state index contributed by atoms with van der Waals surface area (Å²) in [7, 11) is 0. The number of nitrogens with one attached hydrogen (secondary N) is 2. The minimum Gasteiger partial charge on any atom is -0.368 e. The van der Waals surface area contributed by atoms with Crippen LogP contribution in [0.1, 0.15) is 29.8 Å². The summed E-state index contributed by atoms with van der Waals surface area (Å²) in [6.45, 7) is 3.83. The van der Waals surface area contributed by atoms with Crippen molar-refractivity contribution in [3.63, 3.8) is 0 Å². The normalized spacial score (nSPS) is 11.8. The third kappa shape index (κ3) is 4.23. The van der Waals surface area contributed by atoms with Gasteiger partial charge in [-0.2, -0.15) is 0 Å². The lowest BCUT2D eigenvalue weighted by Crippen LogP contribution is -2.39. The standard InChI is InChI=1S/C21H22N4O2/c1-3-14-12-23-13(2)10-18(14)24-21(27)25-19(20(22)26)17-9-8-15-6-4-5-7-16(15)11-17/h4-12,19H,3H2,1-2H3,(H2,22,26)(H2,23,24,25,27). The van der Waals surface area contributed by atoms with E-state index in [-0.39, 0.29) is 0 Å². The lowest BCUT2D eigenvalue weighted by Gasteiger charge is -2.18. The number of aromatic nitrogens is 1. The number of carbonyl (C=O) groups excluding carboxylic acids is 2. The molecule has 3 aromatic rings. The Morgan fingerprint density at radius 2 is 1.85 bits per heavy atom. The number of aryl methyl sites for hydroxylation is 2. The summed E-state index contributed by atoms with van der Waals surface area (Å²) >= 11 is 0. The Bertz CT molecular complexity index is 1000. The first kappa shape index (κ1) is 18.4. The number of rotatable bonds is 5. The number of fused-ring (bicyclic) bond motifs is 1. The number of pyridine rings is 1. The molecule has 0 saturated heterocycles. The molecule has 0 aliphatic heterocycles. The molecule has 3 amide bonds. The summed E-state index contributed by atoms with van der Waals surface area (Å²) in [5.41, 5.74) is 8.56. The fraction of sp³-hybridized carbons (Fsp3) is 0.190. The van der Waals surface area contributed by atoms with Gasteiger partial charge in [-0.3, -0.25) is 9.78 Å². The summed E-state index contributed by atoms with van der Waals surface area (Å²) in [5.74, 6) is -0.623. The Hall–Kier alpha value is -3.41. The summed E-state index contributed by atoms with van der Waals surface area (Å²) in [4.78, 5) is 28.7. The van der Waals surface area contributed by atoms with Crippen LogP contribution in [-0.4, -0.2) is 16.9 Å². The number of nitrogens with two attached hydrogens (primary N) is 1. The molecule has 3 rings (SSSR count). The maximum absolute atomic E-state index is 12.5. The lowest BCUT2D eigenvalue weighted by atomic mass is 10.0. The van der Waals surface area contributed by atoms with Gasteiger partial charge in [0.25, 0.3) is 0 Å². The van der Waals surface area contributed by atoms with Crippen molar-refractivity contribution < 1.29 is 9.59 Å². The zero-order valence-corrected chi connectivity index (χ0v) is 15.3. The van der Waals surface area contributed by atoms with Crippen molar-refractivity contribution in [2.24, 2.45) is 5.73 Å². The van der Waals surface area contributed by atoms with E-state index in [0.717, 1.165) is 28.5 Å². The maximum Gasteiger partial charge on any atom is 0.320 e. The lowest BCUT2D eigenvalue weighted by molar-refractivity contribution is -0.119. The molecule has 2 aromatic carbocycles. The number of carbonyl (C=O) groups is 2. The van der Waals surface area contributed by atoms with Crippen molar-refractivity contribution in [2.45, 2.75) is 26.3 Å². The van der Waals surface area contributed by atoms with Crippen LogP contribution >= 0.6 is 0 Å². The van der Waals surface area contributed by atoms with Crippen molar-refractivity contribution in [2.75, 3.05) is 5.32 Å². The van der Waals surface area contributed by atoms with Crippen LogP contribution in [0.2, 0.25) is 0 Å². The van der Waals surface area contributed by atoms with Crippen molar-refractivity contribution >= 4 is 28.4 Å². The van der Waals surface area contributed by atoms with Gasteiger partial charge in [0, 0.05) is 17.6 Å². The van der Waals surface area contributed by atoms with Gasteiger partial charge in [0.15, 0.2) is 0 Å². The fourth-order valence-electron chi connectivity index (χ4n) is 2.98. The number of anilines is 1. The number of benzene rings is 2. The van der Waals surface area contributed by atoms with Gasteiger partial charge in [0.1, 0.15) is 6.04 Å². The van der Waals surface area contributed by atoms with Crippen LogP contribution in [0.3, 0.4) is 0 Å². The Morgan fingerprint density at radius 1 is 1.11 bits per heavy atom. The Kier molecular flexibility index (Phi) is 5.35. The van der Waals surface area contributed by atoms with Crippen molar-refractivity contribution in [1.82, 2.24) is 10.3 Å². The molecule has 1 aromatic heterocycles. The van der Waals surface area contributed by atoms with Crippen LogP contribution in [0.15, 0.2) is 54.7 Å². The highest BCUT2D eigenvalue weighted by Gasteiger charge is 2.21. The average Bonchev–Trinajstić information content (AvgIpc) is 2.65. The van der Waals surface area contributed by atoms with E-state index in [1.807, 2.05) is 50.2 Å². The number of primary amides is 1. The molecule has 0 aliphatic rings. The van der Waals surface area contributed by atoms with E-state index in [9.17, 15) is 9.59 Å². The molecule has 1 heterocycles. The van der Waals surface area contributed by atoms with E-state index in [0.29, 0.717) is 11.3 Å². The minimum atomic E-state index is -0.928. The van der Waals surface area contributed by atoms with E-state index in [4.69, 9.17) is 5.73 Å². The van der Waals surface area contributed by atoms with Crippen LogP contribution in [0.4, 0.5) is 10.5 Å². The quantitative estimate of drug-likeness (QED) is 0.648. The predicted octanol–water partition coefficient (Wildman–Crippen LogP) is 3.45. The second-order valence-electron chi connectivity index (χ2n) is 6.38. The number of hydrogen-bond acceptors (Lipinski definition) is 3. The minimum absolute atomic E-state index is 0.493. The molecule has 1 atom stereocenters. The predicted molar refractivity (Wildman–Crippen MR) is 106 cm³/mol. The fourth-order valence-corrected chi connectivity index (χ4v) is 2.98. The van der Waals surface area contributed by atoms with E-state index in [2.05, 4.69) is 15.6 Å². The Morgan fingerprint density at radius 3 is 2.56 bits per heavy atom. The van der Waals surface area contributed by atoms with Crippen LogP contribution < -0.4 is 16.4 Å². The van der Waals surface area contributed by atoms with Crippen molar-refractivity contribution in [3.8, 4) is 0 Å². The molecule has 138 valence electrons. The van der Waals surface area contributed by atoms with Crippen LogP contribution in [0.5, 0.6) is 0 Å². The molecule has 0 aliphatic carbocycles. The molecule has 6 heteroatoms. The number of nitrogens with zero attached hydrogens (tertiary/aromatic N) is 1. The summed E-state index contributed by atoms with van der Waals surface area (Å²) < 4.78 is 0. The van der Waals surface area contributed by atoms with Crippen molar-refractivity contribution in [1.29, 1.82) is 0 Å². The van der Waals surface area contributed by atoms with Crippen LogP contribution in [-0.2, 0) is 11.2 Å². The summed E-state index contributed by atoms with van der Waals surface area (Å²) in [6, 6.07) is 13.7. The van der Waals surface area contributed by atoms with Crippen LogP contribution in [0, 0.1) is 6.92 Å². The second-order valence-corrected chi connectivity index (χ2v) is 6.38. The highest BCUT2D eigenvalue weighted by Crippen LogP contribution is 2.21. The number of amides is 3. The average molecular weight is 362 g/mol. The molecule has 0 fully saturated rings. The third-order valence-electron chi connectivity index (χ3n) is 4.42. The Labute approximate surface area is 157 Å². The topological polar surface area (TPSA) is 97.1 Å². The first-order valence-electron chi connectivity index (χ1n) is 8.79. The summed E-state index contributed by atoms with van der Waals surface area (Å²) in [6.07, 6.45) is 2.46. The van der Waals surface area contributed by atoms with Gasteiger partial charge in [-0.05, 0) is 47.4 Å². The molecule has 4 N–H and O–H groups in total. The Balaban J connectivity index is 1.82.